The fourth-order valence-corrected chi connectivity index (χ4v) is 1.69. The first kappa shape index (κ1) is 11.3. The SMILES string of the molecule is NC/C=C/C(=O)N1CC(=O)Nc2ccccc21. The topological polar surface area (TPSA) is 75.4 Å². The van der Waals surface area contributed by atoms with Crippen LogP contribution in [0.15, 0.2) is 36.4 Å². The fourth-order valence-electron chi connectivity index (χ4n) is 1.69. The predicted octanol–water partition coefficient (Wildman–Crippen LogP) is 0.487. The van der Waals surface area contributed by atoms with Crippen LogP contribution in [-0.2, 0) is 9.59 Å². The minimum Gasteiger partial charge on any atom is -0.327 e. The van der Waals surface area contributed by atoms with Gasteiger partial charge in [-0.15, -0.1) is 0 Å². The van der Waals surface area contributed by atoms with Gasteiger partial charge < -0.3 is 11.1 Å². The summed E-state index contributed by atoms with van der Waals surface area (Å²) >= 11 is 0. The maximum Gasteiger partial charge on any atom is 0.251 e. The molecule has 1 aromatic carbocycles. The molecule has 5 nitrogen and oxygen atoms in total. The van der Waals surface area contributed by atoms with E-state index in [1.165, 1.54) is 11.0 Å². The van der Waals surface area contributed by atoms with Crippen molar-refractivity contribution in [3.63, 3.8) is 0 Å². The molecule has 2 rings (SSSR count). The first-order chi connectivity index (χ1) is 8.22. The Hall–Kier alpha value is -2.14. The number of fused-ring (bicyclic) bond motifs is 1. The van der Waals surface area contributed by atoms with E-state index < -0.39 is 0 Å². The van der Waals surface area contributed by atoms with Gasteiger partial charge in [0.05, 0.1) is 11.4 Å². The van der Waals surface area contributed by atoms with Gasteiger partial charge in [0.2, 0.25) is 5.91 Å². The molecule has 0 atom stereocenters. The lowest BCUT2D eigenvalue weighted by Crippen LogP contribution is -2.41. The monoisotopic (exact) mass is 231 g/mol. The number of nitrogens with zero attached hydrogens (tertiary/aromatic N) is 1. The molecule has 0 aromatic heterocycles. The normalized spacial score (nSPS) is 14.6. The van der Waals surface area contributed by atoms with E-state index >= 15 is 0 Å². The number of rotatable bonds is 2. The second-order valence-corrected chi connectivity index (χ2v) is 3.63. The number of para-hydroxylation sites is 2. The van der Waals surface area contributed by atoms with E-state index in [0.29, 0.717) is 17.9 Å². The predicted molar refractivity (Wildman–Crippen MR) is 65.6 cm³/mol. The summed E-state index contributed by atoms with van der Waals surface area (Å²) in [6.07, 6.45) is 2.95. The molecule has 0 radical (unpaired) electrons. The van der Waals surface area contributed by atoms with E-state index in [0.717, 1.165) is 0 Å². The lowest BCUT2D eigenvalue weighted by molar-refractivity contribution is -0.119. The van der Waals surface area contributed by atoms with Gasteiger partial charge in [0.15, 0.2) is 0 Å². The maximum atomic E-state index is 11.9. The summed E-state index contributed by atoms with van der Waals surface area (Å²) in [6.45, 7) is 0.332. The van der Waals surface area contributed by atoms with Crippen molar-refractivity contribution in [3.8, 4) is 0 Å². The first-order valence-corrected chi connectivity index (χ1v) is 5.29. The molecule has 3 N–H and O–H groups in total. The molecule has 0 bridgehead atoms. The fraction of sp³-hybridized carbons (Fsp3) is 0.167. The summed E-state index contributed by atoms with van der Waals surface area (Å²) in [5.74, 6) is -0.434. The van der Waals surface area contributed by atoms with Crippen molar-refractivity contribution < 1.29 is 9.59 Å². The Morgan fingerprint density at radius 2 is 2.24 bits per heavy atom. The highest BCUT2D eigenvalue weighted by atomic mass is 16.2. The van der Waals surface area contributed by atoms with E-state index in [4.69, 9.17) is 5.73 Å². The molecule has 88 valence electrons. The lowest BCUT2D eigenvalue weighted by atomic mass is 10.2. The van der Waals surface area contributed by atoms with E-state index in [1.807, 2.05) is 12.1 Å². The molecular formula is C12H13N3O2. The number of nitrogens with one attached hydrogen (secondary N) is 1. The summed E-state index contributed by atoms with van der Waals surface area (Å²) in [5.41, 5.74) is 6.65. The van der Waals surface area contributed by atoms with Gasteiger partial charge in [0, 0.05) is 12.6 Å². The van der Waals surface area contributed by atoms with Gasteiger partial charge in [-0.25, -0.2) is 0 Å². The van der Waals surface area contributed by atoms with Crippen LogP contribution in [0, 0.1) is 0 Å². The zero-order valence-corrected chi connectivity index (χ0v) is 9.22. The smallest absolute Gasteiger partial charge is 0.251 e. The highest BCUT2D eigenvalue weighted by Crippen LogP contribution is 2.28. The molecule has 17 heavy (non-hydrogen) atoms. The quantitative estimate of drug-likeness (QED) is 0.727. The molecule has 0 aliphatic carbocycles. The third-order valence-electron chi connectivity index (χ3n) is 2.43. The summed E-state index contributed by atoms with van der Waals surface area (Å²) in [6, 6.07) is 7.19. The van der Waals surface area contributed by atoms with Crippen LogP contribution < -0.4 is 16.0 Å². The maximum absolute atomic E-state index is 11.9. The second kappa shape index (κ2) is 4.80. The van der Waals surface area contributed by atoms with Crippen molar-refractivity contribution in [1.82, 2.24) is 0 Å². The number of carbonyl (C=O) groups is 2. The van der Waals surface area contributed by atoms with Gasteiger partial charge in [0.1, 0.15) is 6.54 Å². The number of hydrogen-bond donors (Lipinski definition) is 2. The Morgan fingerprint density at radius 1 is 1.47 bits per heavy atom. The number of anilines is 2. The number of carbonyl (C=O) groups excluding carboxylic acids is 2. The molecule has 0 saturated heterocycles. The molecule has 1 heterocycles. The van der Waals surface area contributed by atoms with Crippen molar-refractivity contribution >= 4 is 23.2 Å². The first-order valence-electron chi connectivity index (χ1n) is 5.29. The highest BCUT2D eigenvalue weighted by Gasteiger charge is 2.24. The highest BCUT2D eigenvalue weighted by molar-refractivity contribution is 6.12. The van der Waals surface area contributed by atoms with E-state index in [2.05, 4.69) is 5.32 Å². The molecule has 0 fully saturated rings. The van der Waals surface area contributed by atoms with Crippen LogP contribution >= 0.6 is 0 Å². The molecule has 5 heteroatoms. The number of hydrogen-bond acceptors (Lipinski definition) is 3. The van der Waals surface area contributed by atoms with E-state index in [1.54, 1.807) is 18.2 Å². The summed E-state index contributed by atoms with van der Waals surface area (Å²) in [4.78, 5) is 24.8. The summed E-state index contributed by atoms with van der Waals surface area (Å²) < 4.78 is 0. The average molecular weight is 231 g/mol. The Labute approximate surface area is 98.9 Å². The van der Waals surface area contributed by atoms with Crippen LogP contribution in [0.1, 0.15) is 0 Å². The molecule has 0 unspecified atom stereocenters. The Bertz CT molecular complexity index is 482. The zero-order valence-electron chi connectivity index (χ0n) is 9.22. The van der Waals surface area contributed by atoms with Crippen molar-refractivity contribution in [1.29, 1.82) is 0 Å². The van der Waals surface area contributed by atoms with Gasteiger partial charge in [-0.2, -0.15) is 0 Å². The van der Waals surface area contributed by atoms with Crippen LogP contribution in [0.5, 0.6) is 0 Å². The van der Waals surface area contributed by atoms with Crippen LogP contribution in [-0.4, -0.2) is 24.9 Å². The number of amides is 2. The van der Waals surface area contributed by atoms with Gasteiger partial charge >= 0.3 is 0 Å². The molecule has 1 aliphatic rings. The van der Waals surface area contributed by atoms with Crippen molar-refractivity contribution in [3.05, 3.63) is 36.4 Å². The zero-order chi connectivity index (χ0) is 12.3. The molecule has 0 spiro atoms. The molecular weight excluding hydrogens is 218 g/mol. The Kier molecular flexibility index (Phi) is 3.20. The molecule has 2 amide bonds. The summed E-state index contributed by atoms with van der Waals surface area (Å²) in [5, 5.41) is 2.72. The van der Waals surface area contributed by atoms with Crippen molar-refractivity contribution in [2.24, 2.45) is 5.73 Å². The van der Waals surface area contributed by atoms with Gasteiger partial charge in [-0.1, -0.05) is 18.2 Å². The van der Waals surface area contributed by atoms with Gasteiger partial charge in [0.25, 0.3) is 5.91 Å². The minimum atomic E-state index is -0.238. The van der Waals surface area contributed by atoms with Crippen molar-refractivity contribution in [2.75, 3.05) is 23.3 Å². The van der Waals surface area contributed by atoms with Gasteiger partial charge in [-0.3, -0.25) is 14.5 Å². The Morgan fingerprint density at radius 3 is 3.00 bits per heavy atom. The van der Waals surface area contributed by atoms with Crippen molar-refractivity contribution in [2.45, 2.75) is 0 Å². The molecule has 1 aromatic rings. The number of benzene rings is 1. The minimum absolute atomic E-state index is 0.0325. The van der Waals surface area contributed by atoms with Crippen LogP contribution in [0.4, 0.5) is 11.4 Å². The van der Waals surface area contributed by atoms with Crippen LogP contribution in [0.25, 0.3) is 0 Å². The third kappa shape index (κ3) is 2.34. The van der Waals surface area contributed by atoms with Gasteiger partial charge in [-0.05, 0) is 12.1 Å². The standard InChI is InChI=1S/C12H13N3O2/c13-7-3-6-12(17)15-8-11(16)14-9-4-1-2-5-10(9)15/h1-6H,7-8,13H2,(H,14,16)/b6-3+. The number of nitrogens with two attached hydrogens (primary N) is 1. The van der Waals surface area contributed by atoms with E-state index in [9.17, 15) is 9.59 Å². The molecule has 0 saturated carbocycles. The Balaban J connectivity index is 2.32. The molecule has 1 aliphatic heterocycles. The summed E-state index contributed by atoms with van der Waals surface area (Å²) in [7, 11) is 0. The lowest BCUT2D eigenvalue weighted by Gasteiger charge is -2.28. The van der Waals surface area contributed by atoms with Crippen LogP contribution in [0.2, 0.25) is 0 Å². The largest absolute Gasteiger partial charge is 0.327 e. The second-order valence-electron chi connectivity index (χ2n) is 3.63. The van der Waals surface area contributed by atoms with E-state index in [-0.39, 0.29) is 18.4 Å². The van der Waals surface area contributed by atoms with Crippen LogP contribution in [0.3, 0.4) is 0 Å². The third-order valence-corrected chi connectivity index (χ3v) is 2.43. The average Bonchev–Trinajstić information content (AvgIpc) is 2.34.